The van der Waals surface area contributed by atoms with E-state index >= 15 is 0 Å². The summed E-state index contributed by atoms with van der Waals surface area (Å²) in [5, 5.41) is 0.735. The van der Waals surface area contributed by atoms with Crippen molar-refractivity contribution >= 4 is 22.6 Å². The highest BCUT2D eigenvalue weighted by atomic mass is 16.5. The smallest absolute Gasteiger partial charge is 0.336 e. The van der Waals surface area contributed by atoms with Crippen molar-refractivity contribution in [2.75, 3.05) is 18.6 Å². The molecule has 1 aliphatic rings. The first-order chi connectivity index (χ1) is 12.6. The summed E-state index contributed by atoms with van der Waals surface area (Å²) in [5.41, 5.74) is 2.91. The van der Waals surface area contributed by atoms with Crippen LogP contribution in [0.2, 0.25) is 0 Å². The van der Waals surface area contributed by atoms with Gasteiger partial charge in [0.05, 0.1) is 7.11 Å². The molecule has 5 nitrogen and oxygen atoms in total. The molecule has 1 amide bonds. The van der Waals surface area contributed by atoms with Crippen molar-refractivity contribution in [2.24, 2.45) is 0 Å². The zero-order valence-electron chi connectivity index (χ0n) is 14.7. The minimum atomic E-state index is -0.476. The van der Waals surface area contributed by atoms with E-state index in [0.717, 1.165) is 35.0 Å². The molecule has 3 aromatic rings. The van der Waals surface area contributed by atoms with Crippen LogP contribution in [0, 0.1) is 6.92 Å². The highest BCUT2D eigenvalue weighted by molar-refractivity contribution is 6.15. The fraction of sp³-hybridized carbons (Fsp3) is 0.238. The van der Waals surface area contributed by atoms with E-state index in [-0.39, 0.29) is 11.5 Å². The average Bonchev–Trinajstić information content (AvgIpc) is 2.66. The van der Waals surface area contributed by atoms with Gasteiger partial charge < -0.3 is 14.1 Å². The van der Waals surface area contributed by atoms with E-state index in [9.17, 15) is 9.59 Å². The summed E-state index contributed by atoms with van der Waals surface area (Å²) in [5.74, 6) is 0.188. The van der Waals surface area contributed by atoms with Crippen molar-refractivity contribution in [1.82, 2.24) is 0 Å². The maximum atomic E-state index is 13.5. The third kappa shape index (κ3) is 2.56. The van der Waals surface area contributed by atoms with Gasteiger partial charge >= 0.3 is 5.63 Å². The van der Waals surface area contributed by atoms with Gasteiger partial charge in [0.2, 0.25) is 0 Å². The van der Waals surface area contributed by atoms with Crippen LogP contribution in [0.3, 0.4) is 0 Å². The number of hydrogen-bond donors (Lipinski definition) is 0. The molecule has 0 unspecified atom stereocenters. The number of ether oxygens (including phenoxy) is 1. The number of aryl methyl sites for hydroxylation is 2. The van der Waals surface area contributed by atoms with Crippen molar-refractivity contribution in [1.29, 1.82) is 0 Å². The topological polar surface area (TPSA) is 59.8 Å². The van der Waals surface area contributed by atoms with E-state index in [2.05, 4.69) is 0 Å². The Morgan fingerprint density at radius 3 is 2.81 bits per heavy atom. The van der Waals surface area contributed by atoms with Crippen LogP contribution in [-0.4, -0.2) is 19.6 Å². The van der Waals surface area contributed by atoms with Gasteiger partial charge in [-0.15, -0.1) is 0 Å². The SMILES string of the molecule is COc1ccc2c(C)cc(=O)oc2c1C(=O)N1CCCc2ccccc21. The van der Waals surface area contributed by atoms with E-state index < -0.39 is 5.63 Å². The number of amides is 1. The number of carbonyl (C=O) groups is 1. The Morgan fingerprint density at radius 2 is 2.00 bits per heavy atom. The Balaban J connectivity index is 1.94. The quantitative estimate of drug-likeness (QED) is 0.662. The lowest BCUT2D eigenvalue weighted by molar-refractivity contribution is 0.0982. The van der Waals surface area contributed by atoms with E-state index in [1.165, 1.54) is 13.2 Å². The molecule has 2 aromatic carbocycles. The molecule has 26 heavy (non-hydrogen) atoms. The maximum absolute atomic E-state index is 13.5. The molecule has 1 aliphatic heterocycles. The van der Waals surface area contributed by atoms with Crippen LogP contribution in [0.15, 0.2) is 51.7 Å². The average molecular weight is 349 g/mol. The largest absolute Gasteiger partial charge is 0.496 e. The van der Waals surface area contributed by atoms with E-state index in [0.29, 0.717) is 17.9 Å². The Hall–Kier alpha value is -3.08. The zero-order chi connectivity index (χ0) is 18.3. The van der Waals surface area contributed by atoms with Gasteiger partial charge in [0, 0.05) is 23.7 Å². The lowest BCUT2D eigenvalue weighted by Gasteiger charge is -2.30. The minimum Gasteiger partial charge on any atom is -0.496 e. The Bertz CT molecular complexity index is 1070. The molecule has 0 N–H and O–H groups in total. The van der Waals surface area contributed by atoms with Gasteiger partial charge in [-0.3, -0.25) is 4.79 Å². The fourth-order valence-corrected chi connectivity index (χ4v) is 3.62. The molecule has 5 heteroatoms. The zero-order valence-corrected chi connectivity index (χ0v) is 14.7. The first-order valence-corrected chi connectivity index (χ1v) is 8.61. The van der Waals surface area contributed by atoms with E-state index in [1.807, 2.05) is 37.3 Å². The molecule has 0 saturated carbocycles. The van der Waals surface area contributed by atoms with E-state index in [4.69, 9.17) is 9.15 Å². The van der Waals surface area contributed by atoms with Crippen LogP contribution in [-0.2, 0) is 6.42 Å². The number of anilines is 1. The van der Waals surface area contributed by atoms with Crippen molar-refractivity contribution in [3.05, 3.63) is 69.6 Å². The number of carbonyl (C=O) groups excluding carboxylic acids is 1. The predicted octanol–water partition coefficient (Wildman–Crippen LogP) is 3.70. The van der Waals surface area contributed by atoms with Gasteiger partial charge in [-0.05, 0) is 49.1 Å². The fourth-order valence-electron chi connectivity index (χ4n) is 3.62. The summed E-state index contributed by atoms with van der Waals surface area (Å²) in [6, 6.07) is 12.9. The van der Waals surface area contributed by atoms with Crippen molar-refractivity contribution < 1.29 is 13.9 Å². The molecule has 132 valence electrons. The Morgan fingerprint density at radius 1 is 1.19 bits per heavy atom. The van der Waals surface area contributed by atoms with Crippen LogP contribution in [0.25, 0.3) is 11.0 Å². The highest BCUT2D eigenvalue weighted by Crippen LogP contribution is 2.34. The first-order valence-electron chi connectivity index (χ1n) is 8.61. The van der Waals surface area contributed by atoms with Gasteiger partial charge in [0.1, 0.15) is 11.3 Å². The molecule has 0 aliphatic carbocycles. The highest BCUT2D eigenvalue weighted by Gasteiger charge is 2.28. The van der Waals surface area contributed by atoms with Crippen molar-refractivity contribution in [3.63, 3.8) is 0 Å². The van der Waals surface area contributed by atoms with Crippen LogP contribution in [0.1, 0.15) is 27.9 Å². The Kier molecular flexibility index (Phi) is 3.99. The van der Waals surface area contributed by atoms with Crippen LogP contribution < -0.4 is 15.3 Å². The molecule has 4 rings (SSSR count). The summed E-state index contributed by atoms with van der Waals surface area (Å²) in [7, 11) is 1.51. The maximum Gasteiger partial charge on any atom is 0.336 e. The standard InChI is InChI=1S/C21H19NO4/c1-13-12-18(23)26-20-15(13)9-10-17(25-2)19(20)21(24)22-11-5-7-14-6-3-4-8-16(14)22/h3-4,6,8-10,12H,5,7,11H2,1-2H3. The third-order valence-electron chi connectivity index (χ3n) is 4.87. The molecule has 0 saturated heterocycles. The molecule has 0 radical (unpaired) electrons. The molecule has 2 heterocycles. The summed E-state index contributed by atoms with van der Waals surface area (Å²) >= 11 is 0. The van der Waals surface area contributed by atoms with Crippen LogP contribution in [0.5, 0.6) is 5.75 Å². The molecule has 0 fully saturated rings. The van der Waals surface area contributed by atoms with Crippen molar-refractivity contribution in [3.8, 4) is 5.75 Å². The number of fused-ring (bicyclic) bond motifs is 2. The predicted molar refractivity (Wildman–Crippen MR) is 100 cm³/mol. The second kappa shape index (κ2) is 6.33. The van der Waals surface area contributed by atoms with E-state index in [1.54, 1.807) is 11.0 Å². The molecule has 0 bridgehead atoms. The van der Waals surface area contributed by atoms with Gasteiger partial charge in [0.25, 0.3) is 5.91 Å². The molecular formula is C21H19NO4. The lowest BCUT2D eigenvalue weighted by Crippen LogP contribution is -2.35. The van der Waals surface area contributed by atoms with Crippen molar-refractivity contribution in [2.45, 2.75) is 19.8 Å². The molecule has 0 atom stereocenters. The van der Waals surface area contributed by atoms with Gasteiger partial charge in [-0.1, -0.05) is 18.2 Å². The molecule has 0 spiro atoms. The van der Waals surface area contributed by atoms with Gasteiger partial charge in [-0.25, -0.2) is 4.79 Å². The van der Waals surface area contributed by atoms with Gasteiger partial charge in [-0.2, -0.15) is 0 Å². The third-order valence-corrected chi connectivity index (χ3v) is 4.87. The second-order valence-corrected chi connectivity index (χ2v) is 6.46. The lowest BCUT2D eigenvalue weighted by atomic mass is 9.99. The number of rotatable bonds is 2. The number of nitrogens with zero attached hydrogens (tertiary/aromatic N) is 1. The number of hydrogen-bond acceptors (Lipinski definition) is 4. The monoisotopic (exact) mass is 349 g/mol. The Labute approximate surface area is 150 Å². The number of para-hydroxylation sites is 1. The molecular weight excluding hydrogens is 330 g/mol. The molecule has 1 aromatic heterocycles. The number of methoxy groups -OCH3 is 1. The van der Waals surface area contributed by atoms with Crippen LogP contribution >= 0.6 is 0 Å². The summed E-state index contributed by atoms with van der Waals surface area (Å²) in [4.78, 5) is 27.1. The number of benzene rings is 2. The minimum absolute atomic E-state index is 0.214. The van der Waals surface area contributed by atoms with Crippen LogP contribution in [0.4, 0.5) is 5.69 Å². The summed E-state index contributed by atoms with van der Waals surface area (Å²) < 4.78 is 10.9. The second-order valence-electron chi connectivity index (χ2n) is 6.46. The summed E-state index contributed by atoms with van der Waals surface area (Å²) in [6.07, 6.45) is 1.83. The van der Waals surface area contributed by atoms with Gasteiger partial charge in [0.15, 0.2) is 5.58 Å². The normalized spacial score (nSPS) is 13.5. The first kappa shape index (κ1) is 16.4. The summed E-state index contributed by atoms with van der Waals surface area (Å²) in [6.45, 7) is 2.45.